The Bertz CT molecular complexity index is 365. The predicted octanol–water partition coefficient (Wildman–Crippen LogP) is 1.85. The number of nitrogens with one attached hydrogen (secondary N) is 1. The molecule has 0 spiro atoms. The van der Waals surface area contributed by atoms with Crippen molar-refractivity contribution in [3.63, 3.8) is 0 Å². The molecule has 1 unspecified atom stereocenters. The SMILES string of the molecule is CCCCC([C]=O)NC(=O)COc1ccccc1. The van der Waals surface area contributed by atoms with Gasteiger partial charge in [0.2, 0.25) is 6.29 Å². The average Bonchev–Trinajstić information content (AvgIpc) is 2.42. The van der Waals surface area contributed by atoms with E-state index in [9.17, 15) is 9.59 Å². The summed E-state index contributed by atoms with van der Waals surface area (Å²) in [7, 11) is 0. The second-order valence-electron chi connectivity index (χ2n) is 3.98. The van der Waals surface area contributed by atoms with Crippen LogP contribution in [0.4, 0.5) is 0 Å². The standard InChI is InChI=1S/C14H18NO3/c1-2-3-7-12(10-16)15-14(17)11-18-13-8-5-4-6-9-13/h4-6,8-9,12H,2-3,7,11H2,1H3,(H,15,17). The predicted molar refractivity (Wildman–Crippen MR) is 69.1 cm³/mol. The minimum absolute atomic E-state index is 0.0890. The number of unbranched alkanes of at least 4 members (excludes halogenated alkanes) is 1. The maximum Gasteiger partial charge on any atom is 0.258 e. The normalized spacial score (nSPS) is 11.6. The number of para-hydroxylation sites is 1. The zero-order chi connectivity index (χ0) is 13.2. The van der Waals surface area contributed by atoms with E-state index in [0.717, 1.165) is 12.8 Å². The topological polar surface area (TPSA) is 55.4 Å². The van der Waals surface area contributed by atoms with E-state index in [2.05, 4.69) is 5.32 Å². The summed E-state index contributed by atoms with van der Waals surface area (Å²) in [6, 6.07) is 8.54. The molecule has 0 aromatic heterocycles. The quantitative estimate of drug-likeness (QED) is 0.764. The van der Waals surface area contributed by atoms with E-state index in [1.54, 1.807) is 12.1 Å². The van der Waals surface area contributed by atoms with Gasteiger partial charge in [0.25, 0.3) is 5.91 Å². The van der Waals surface area contributed by atoms with Crippen LogP contribution in [0.1, 0.15) is 26.2 Å². The van der Waals surface area contributed by atoms with Gasteiger partial charge in [-0.3, -0.25) is 9.59 Å². The first kappa shape index (κ1) is 14.2. The summed E-state index contributed by atoms with van der Waals surface area (Å²) < 4.78 is 5.28. The molecule has 1 radical (unpaired) electrons. The van der Waals surface area contributed by atoms with Gasteiger partial charge in [-0.1, -0.05) is 38.0 Å². The summed E-state index contributed by atoms with van der Waals surface area (Å²) in [6.07, 6.45) is 4.32. The van der Waals surface area contributed by atoms with E-state index in [-0.39, 0.29) is 12.5 Å². The van der Waals surface area contributed by atoms with Crippen molar-refractivity contribution >= 4 is 12.2 Å². The van der Waals surface area contributed by atoms with Crippen molar-refractivity contribution in [2.45, 2.75) is 32.2 Å². The monoisotopic (exact) mass is 248 g/mol. The van der Waals surface area contributed by atoms with Crippen LogP contribution in [0.2, 0.25) is 0 Å². The summed E-state index contributed by atoms with van der Waals surface area (Å²) in [6.45, 7) is 1.94. The molecule has 1 N–H and O–H groups in total. The number of benzene rings is 1. The molecule has 0 aliphatic heterocycles. The summed E-state index contributed by atoms with van der Waals surface area (Å²) in [5.74, 6) is 0.330. The van der Waals surface area contributed by atoms with Crippen molar-refractivity contribution in [2.24, 2.45) is 0 Å². The molecule has 0 aliphatic carbocycles. The van der Waals surface area contributed by atoms with Gasteiger partial charge in [0.1, 0.15) is 5.75 Å². The average molecular weight is 248 g/mol. The summed E-state index contributed by atoms with van der Waals surface area (Å²) >= 11 is 0. The molecule has 0 bridgehead atoms. The Morgan fingerprint density at radius 2 is 2.11 bits per heavy atom. The van der Waals surface area contributed by atoms with Crippen LogP contribution in [-0.2, 0) is 9.59 Å². The van der Waals surface area contributed by atoms with Crippen molar-refractivity contribution in [2.75, 3.05) is 6.61 Å². The Morgan fingerprint density at radius 1 is 1.39 bits per heavy atom. The van der Waals surface area contributed by atoms with Gasteiger partial charge in [-0.25, -0.2) is 0 Å². The molecule has 1 aromatic carbocycles. The van der Waals surface area contributed by atoms with Crippen LogP contribution < -0.4 is 10.1 Å². The fourth-order valence-electron chi connectivity index (χ4n) is 1.47. The van der Waals surface area contributed by atoms with Crippen molar-refractivity contribution in [3.8, 4) is 5.75 Å². The van der Waals surface area contributed by atoms with E-state index in [1.165, 1.54) is 0 Å². The van der Waals surface area contributed by atoms with Gasteiger partial charge in [0, 0.05) is 0 Å². The highest BCUT2D eigenvalue weighted by molar-refractivity contribution is 5.80. The summed E-state index contributed by atoms with van der Waals surface area (Å²) in [4.78, 5) is 22.2. The molecule has 1 amide bonds. The highest BCUT2D eigenvalue weighted by atomic mass is 16.5. The van der Waals surface area contributed by atoms with Crippen molar-refractivity contribution in [1.29, 1.82) is 0 Å². The molecule has 0 saturated heterocycles. The van der Waals surface area contributed by atoms with E-state index in [0.29, 0.717) is 12.2 Å². The molecule has 4 heteroatoms. The van der Waals surface area contributed by atoms with Crippen LogP contribution in [0.3, 0.4) is 0 Å². The lowest BCUT2D eigenvalue weighted by Gasteiger charge is -2.12. The third-order valence-electron chi connectivity index (χ3n) is 2.44. The van der Waals surface area contributed by atoms with Crippen LogP contribution in [0.5, 0.6) is 5.75 Å². The van der Waals surface area contributed by atoms with Crippen LogP contribution >= 0.6 is 0 Å². The van der Waals surface area contributed by atoms with Crippen molar-refractivity contribution in [1.82, 2.24) is 5.32 Å². The number of carbonyl (C=O) groups is 1. The fourth-order valence-corrected chi connectivity index (χ4v) is 1.47. The fraction of sp³-hybridized carbons (Fsp3) is 0.429. The molecule has 97 valence electrons. The van der Waals surface area contributed by atoms with Gasteiger partial charge in [-0.05, 0) is 18.6 Å². The third-order valence-corrected chi connectivity index (χ3v) is 2.44. The van der Waals surface area contributed by atoms with E-state index in [1.807, 2.05) is 31.4 Å². The lowest BCUT2D eigenvalue weighted by Crippen LogP contribution is -2.38. The van der Waals surface area contributed by atoms with Crippen LogP contribution in [0.25, 0.3) is 0 Å². The zero-order valence-electron chi connectivity index (χ0n) is 10.5. The number of rotatable bonds is 8. The van der Waals surface area contributed by atoms with Crippen molar-refractivity contribution < 1.29 is 14.3 Å². The maximum atomic E-state index is 11.5. The molecule has 1 rings (SSSR count). The number of hydrogen-bond donors (Lipinski definition) is 1. The van der Waals surface area contributed by atoms with Gasteiger partial charge in [0.15, 0.2) is 6.61 Å². The molecule has 1 atom stereocenters. The van der Waals surface area contributed by atoms with Gasteiger partial charge in [0.05, 0.1) is 6.04 Å². The second-order valence-corrected chi connectivity index (χ2v) is 3.98. The van der Waals surface area contributed by atoms with Crippen LogP contribution in [0, 0.1) is 0 Å². The molecule has 1 aromatic rings. The van der Waals surface area contributed by atoms with E-state index < -0.39 is 6.04 Å². The molecule has 0 aliphatic rings. The Balaban J connectivity index is 2.30. The molecular weight excluding hydrogens is 230 g/mol. The largest absolute Gasteiger partial charge is 0.484 e. The molecule has 0 fully saturated rings. The Labute approximate surface area is 107 Å². The lowest BCUT2D eigenvalue weighted by atomic mass is 10.1. The number of carbonyl (C=O) groups excluding carboxylic acids is 2. The van der Waals surface area contributed by atoms with Gasteiger partial charge in [-0.2, -0.15) is 0 Å². The smallest absolute Gasteiger partial charge is 0.258 e. The Morgan fingerprint density at radius 3 is 2.72 bits per heavy atom. The maximum absolute atomic E-state index is 11.5. The second kappa shape index (κ2) is 8.28. The first-order valence-electron chi connectivity index (χ1n) is 6.11. The first-order valence-corrected chi connectivity index (χ1v) is 6.11. The van der Waals surface area contributed by atoms with Crippen LogP contribution in [0.15, 0.2) is 30.3 Å². The van der Waals surface area contributed by atoms with Gasteiger partial charge >= 0.3 is 0 Å². The number of amides is 1. The molecular formula is C14H18NO3. The Hall–Kier alpha value is -1.84. The first-order chi connectivity index (χ1) is 8.76. The molecule has 18 heavy (non-hydrogen) atoms. The third kappa shape index (κ3) is 5.48. The summed E-state index contributed by atoms with van der Waals surface area (Å²) in [5.41, 5.74) is 0. The minimum atomic E-state index is -0.531. The van der Waals surface area contributed by atoms with Crippen molar-refractivity contribution in [3.05, 3.63) is 30.3 Å². The Kier molecular flexibility index (Phi) is 6.54. The number of ether oxygens (including phenoxy) is 1. The molecule has 0 saturated carbocycles. The molecule has 4 nitrogen and oxygen atoms in total. The van der Waals surface area contributed by atoms with Crippen LogP contribution in [-0.4, -0.2) is 24.8 Å². The van der Waals surface area contributed by atoms with Gasteiger partial charge in [-0.15, -0.1) is 0 Å². The van der Waals surface area contributed by atoms with E-state index in [4.69, 9.17) is 4.74 Å². The summed E-state index contributed by atoms with van der Waals surface area (Å²) in [5, 5.41) is 2.58. The molecule has 0 heterocycles. The van der Waals surface area contributed by atoms with E-state index >= 15 is 0 Å². The highest BCUT2D eigenvalue weighted by Crippen LogP contribution is 2.07. The zero-order valence-corrected chi connectivity index (χ0v) is 10.5. The highest BCUT2D eigenvalue weighted by Gasteiger charge is 2.11. The minimum Gasteiger partial charge on any atom is -0.484 e. The number of hydrogen-bond acceptors (Lipinski definition) is 3. The van der Waals surface area contributed by atoms with Gasteiger partial charge < -0.3 is 10.1 Å². The lowest BCUT2D eigenvalue weighted by molar-refractivity contribution is -0.123.